The van der Waals surface area contributed by atoms with Gasteiger partial charge in [-0.25, -0.2) is 0 Å². The molecule has 0 aromatic heterocycles. The molecule has 0 spiro atoms. The Morgan fingerprint density at radius 3 is 2.40 bits per heavy atom. The van der Waals surface area contributed by atoms with Crippen LogP contribution in [0.15, 0.2) is 0 Å². The summed E-state index contributed by atoms with van der Waals surface area (Å²) in [5.74, 6) is 0. The molecule has 0 amide bonds. The molecule has 0 aromatic carbocycles. The van der Waals surface area contributed by atoms with Crippen molar-refractivity contribution in [1.29, 1.82) is 0 Å². The average molecular weight is 281 g/mol. The lowest BCUT2D eigenvalue weighted by Crippen LogP contribution is -2.59. The Hall–Kier alpha value is -0.120. The lowest BCUT2D eigenvalue weighted by Gasteiger charge is -2.46. The van der Waals surface area contributed by atoms with Gasteiger partial charge in [0, 0.05) is 37.8 Å². The molecule has 1 aliphatic carbocycles. The minimum absolute atomic E-state index is 0.723. The number of likely N-dealkylation sites (N-methyl/N-ethyl adjacent to an activating group) is 2. The zero-order chi connectivity index (χ0) is 14.4. The van der Waals surface area contributed by atoms with Crippen molar-refractivity contribution in [3.8, 4) is 0 Å². The van der Waals surface area contributed by atoms with E-state index in [1.165, 1.54) is 64.7 Å². The highest BCUT2D eigenvalue weighted by Gasteiger charge is 2.32. The van der Waals surface area contributed by atoms with Crippen molar-refractivity contribution >= 4 is 0 Å². The van der Waals surface area contributed by atoms with E-state index >= 15 is 0 Å². The summed E-state index contributed by atoms with van der Waals surface area (Å²) in [6.45, 7) is 13.1. The third kappa shape index (κ3) is 4.19. The summed E-state index contributed by atoms with van der Waals surface area (Å²) in [6.07, 6.45) is 8.50. The monoisotopic (exact) mass is 281 g/mol. The van der Waals surface area contributed by atoms with Crippen LogP contribution >= 0.6 is 0 Å². The lowest BCUT2D eigenvalue weighted by atomic mass is 9.90. The van der Waals surface area contributed by atoms with Gasteiger partial charge in [-0.2, -0.15) is 0 Å². The zero-order valence-corrected chi connectivity index (χ0v) is 13.9. The molecular formula is C17H35N3. The van der Waals surface area contributed by atoms with E-state index in [1.807, 2.05) is 0 Å². The smallest absolute Gasteiger partial charge is 0.0250 e. The van der Waals surface area contributed by atoms with Crippen molar-refractivity contribution in [1.82, 2.24) is 15.1 Å². The van der Waals surface area contributed by atoms with Crippen LogP contribution in [0.2, 0.25) is 0 Å². The normalized spacial score (nSPS) is 34.6. The molecular weight excluding hydrogens is 246 g/mol. The van der Waals surface area contributed by atoms with Gasteiger partial charge < -0.3 is 5.32 Å². The first-order chi connectivity index (χ1) is 9.76. The van der Waals surface area contributed by atoms with Gasteiger partial charge in [0.05, 0.1) is 0 Å². The summed E-state index contributed by atoms with van der Waals surface area (Å²) in [5, 5.41) is 3.78. The standard InChI is InChI=1S/C17H35N3/c1-4-18-16-10-8-6-7-9-11-17(16)20-13-12-19(5-2)15(3)14-20/h15-18H,4-14H2,1-3H3. The van der Waals surface area contributed by atoms with Crippen LogP contribution in [0.25, 0.3) is 0 Å². The zero-order valence-electron chi connectivity index (χ0n) is 13.9. The molecule has 3 heteroatoms. The second-order valence-electron chi connectivity index (χ2n) is 6.70. The van der Waals surface area contributed by atoms with Crippen molar-refractivity contribution in [2.45, 2.75) is 77.4 Å². The van der Waals surface area contributed by atoms with Gasteiger partial charge in [0.25, 0.3) is 0 Å². The summed E-state index contributed by atoms with van der Waals surface area (Å²) >= 11 is 0. The highest BCUT2D eigenvalue weighted by molar-refractivity contribution is 4.90. The van der Waals surface area contributed by atoms with E-state index in [0.717, 1.165) is 24.7 Å². The molecule has 3 unspecified atom stereocenters. The molecule has 0 bridgehead atoms. The summed E-state index contributed by atoms with van der Waals surface area (Å²) in [4.78, 5) is 5.43. The summed E-state index contributed by atoms with van der Waals surface area (Å²) in [7, 11) is 0. The van der Waals surface area contributed by atoms with Crippen LogP contribution in [0.4, 0.5) is 0 Å². The Balaban J connectivity index is 1.98. The van der Waals surface area contributed by atoms with Gasteiger partial charge in [-0.05, 0) is 32.9 Å². The molecule has 1 aliphatic heterocycles. The number of nitrogens with zero attached hydrogens (tertiary/aromatic N) is 2. The Morgan fingerprint density at radius 2 is 1.75 bits per heavy atom. The van der Waals surface area contributed by atoms with Crippen molar-refractivity contribution in [2.24, 2.45) is 0 Å². The predicted octanol–water partition coefficient (Wildman–Crippen LogP) is 2.71. The second-order valence-corrected chi connectivity index (χ2v) is 6.70. The minimum Gasteiger partial charge on any atom is -0.313 e. The van der Waals surface area contributed by atoms with Crippen molar-refractivity contribution < 1.29 is 0 Å². The molecule has 0 aromatic rings. The fraction of sp³-hybridized carbons (Fsp3) is 1.00. The molecule has 3 nitrogen and oxygen atoms in total. The fourth-order valence-electron chi connectivity index (χ4n) is 4.20. The van der Waals surface area contributed by atoms with Gasteiger partial charge in [-0.15, -0.1) is 0 Å². The Labute approximate surface area is 126 Å². The van der Waals surface area contributed by atoms with E-state index in [4.69, 9.17) is 0 Å². The summed E-state index contributed by atoms with van der Waals surface area (Å²) in [5.41, 5.74) is 0. The molecule has 2 fully saturated rings. The molecule has 1 saturated carbocycles. The van der Waals surface area contributed by atoms with Crippen molar-refractivity contribution in [3.63, 3.8) is 0 Å². The highest BCUT2D eigenvalue weighted by atomic mass is 15.3. The van der Waals surface area contributed by atoms with Gasteiger partial charge in [0.1, 0.15) is 0 Å². The number of hydrogen-bond acceptors (Lipinski definition) is 3. The van der Waals surface area contributed by atoms with E-state index in [9.17, 15) is 0 Å². The van der Waals surface area contributed by atoms with Gasteiger partial charge in [-0.1, -0.05) is 39.5 Å². The largest absolute Gasteiger partial charge is 0.313 e. The van der Waals surface area contributed by atoms with Crippen LogP contribution in [0.3, 0.4) is 0 Å². The van der Waals surface area contributed by atoms with Gasteiger partial charge in [0.2, 0.25) is 0 Å². The fourth-order valence-corrected chi connectivity index (χ4v) is 4.20. The molecule has 0 radical (unpaired) electrons. The molecule has 20 heavy (non-hydrogen) atoms. The number of piperazine rings is 1. The lowest BCUT2D eigenvalue weighted by molar-refractivity contribution is 0.0383. The maximum atomic E-state index is 3.78. The number of nitrogens with one attached hydrogen (secondary N) is 1. The maximum Gasteiger partial charge on any atom is 0.0250 e. The van der Waals surface area contributed by atoms with Crippen LogP contribution in [-0.4, -0.2) is 60.6 Å². The van der Waals surface area contributed by atoms with Crippen LogP contribution < -0.4 is 5.32 Å². The van der Waals surface area contributed by atoms with Crippen molar-refractivity contribution in [2.75, 3.05) is 32.7 Å². The first kappa shape index (κ1) is 16.3. The summed E-state index contributed by atoms with van der Waals surface area (Å²) < 4.78 is 0. The average Bonchev–Trinajstić information content (AvgIpc) is 2.42. The van der Waals surface area contributed by atoms with Crippen LogP contribution in [0.1, 0.15) is 59.3 Å². The molecule has 2 aliphatic rings. The van der Waals surface area contributed by atoms with E-state index in [-0.39, 0.29) is 0 Å². The quantitative estimate of drug-likeness (QED) is 0.855. The first-order valence-electron chi connectivity index (χ1n) is 8.97. The molecule has 2 rings (SSSR count). The molecule has 1 saturated heterocycles. The van der Waals surface area contributed by atoms with Crippen LogP contribution in [0.5, 0.6) is 0 Å². The number of hydrogen-bond donors (Lipinski definition) is 1. The van der Waals surface area contributed by atoms with Gasteiger partial charge >= 0.3 is 0 Å². The van der Waals surface area contributed by atoms with Crippen LogP contribution in [-0.2, 0) is 0 Å². The SMILES string of the molecule is CCNC1CCCCCCC1N1CCN(CC)C(C)C1. The van der Waals surface area contributed by atoms with E-state index in [2.05, 4.69) is 35.9 Å². The molecule has 1 heterocycles. The number of rotatable bonds is 4. The molecule has 3 atom stereocenters. The highest BCUT2D eigenvalue weighted by Crippen LogP contribution is 2.24. The predicted molar refractivity (Wildman–Crippen MR) is 87.2 cm³/mol. The Kier molecular flexibility index (Phi) is 6.79. The molecule has 1 N–H and O–H groups in total. The van der Waals surface area contributed by atoms with Crippen molar-refractivity contribution in [3.05, 3.63) is 0 Å². The second kappa shape index (κ2) is 8.35. The third-order valence-electron chi connectivity index (χ3n) is 5.37. The van der Waals surface area contributed by atoms with E-state index < -0.39 is 0 Å². The Morgan fingerprint density at radius 1 is 1.00 bits per heavy atom. The maximum absolute atomic E-state index is 3.78. The van der Waals surface area contributed by atoms with Crippen LogP contribution in [0, 0.1) is 0 Å². The van der Waals surface area contributed by atoms with Gasteiger partial charge in [0.15, 0.2) is 0 Å². The Bertz CT molecular complexity index is 269. The minimum atomic E-state index is 0.723. The van der Waals surface area contributed by atoms with Gasteiger partial charge in [-0.3, -0.25) is 9.80 Å². The van der Waals surface area contributed by atoms with E-state index in [0.29, 0.717) is 0 Å². The summed E-state index contributed by atoms with van der Waals surface area (Å²) in [6, 6.07) is 2.22. The topological polar surface area (TPSA) is 18.5 Å². The van der Waals surface area contributed by atoms with E-state index in [1.54, 1.807) is 0 Å². The third-order valence-corrected chi connectivity index (χ3v) is 5.37. The first-order valence-corrected chi connectivity index (χ1v) is 8.97. The molecule has 118 valence electrons.